The SMILES string of the molecule is CCCC(O)(CCC)c1ccccc1Cl. The second kappa shape index (κ2) is 5.53. The van der Waals surface area contributed by atoms with Gasteiger partial charge in [0, 0.05) is 10.6 Å². The molecule has 1 aromatic rings. The first kappa shape index (κ1) is 12.5. The van der Waals surface area contributed by atoms with Crippen molar-refractivity contribution < 1.29 is 5.11 Å². The molecule has 0 saturated carbocycles. The van der Waals surface area contributed by atoms with E-state index in [1.165, 1.54) is 0 Å². The first-order chi connectivity index (χ1) is 7.14. The second-order valence-electron chi connectivity index (χ2n) is 4.01. The molecule has 1 aromatic carbocycles. The molecule has 0 aromatic heterocycles. The topological polar surface area (TPSA) is 20.2 Å². The van der Waals surface area contributed by atoms with Crippen LogP contribution in [0.3, 0.4) is 0 Å². The third-order valence-electron chi connectivity index (χ3n) is 2.70. The Morgan fingerprint density at radius 3 is 2.13 bits per heavy atom. The van der Waals surface area contributed by atoms with E-state index < -0.39 is 5.60 Å². The highest BCUT2D eigenvalue weighted by atomic mass is 35.5. The summed E-state index contributed by atoms with van der Waals surface area (Å²) in [5, 5.41) is 11.2. The quantitative estimate of drug-likeness (QED) is 0.801. The van der Waals surface area contributed by atoms with Crippen LogP contribution in [0.4, 0.5) is 0 Å². The van der Waals surface area contributed by atoms with Gasteiger partial charge in [0.15, 0.2) is 0 Å². The molecule has 0 saturated heterocycles. The largest absolute Gasteiger partial charge is 0.385 e. The highest BCUT2D eigenvalue weighted by Gasteiger charge is 2.28. The van der Waals surface area contributed by atoms with Gasteiger partial charge < -0.3 is 5.11 Å². The maximum absolute atomic E-state index is 10.6. The Bertz CT molecular complexity index is 303. The Morgan fingerprint density at radius 1 is 1.13 bits per heavy atom. The molecular weight excluding hydrogens is 208 g/mol. The van der Waals surface area contributed by atoms with Gasteiger partial charge in [0.1, 0.15) is 0 Å². The number of hydrogen-bond acceptors (Lipinski definition) is 1. The van der Waals surface area contributed by atoms with Crippen molar-refractivity contribution in [3.8, 4) is 0 Å². The highest BCUT2D eigenvalue weighted by Crippen LogP contribution is 2.35. The van der Waals surface area contributed by atoms with Crippen LogP contribution in [0, 0.1) is 0 Å². The lowest BCUT2D eigenvalue weighted by Gasteiger charge is -2.29. The van der Waals surface area contributed by atoms with Crippen LogP contribution in [0.1, 0.15) is 45.1 Å². The maximum atomic E-state index is 10.6. The van der Waals surface area contributed by atoms with Crippen LogP contribution in [0.5, 0.6) is 0 Å². The van der Waals surface area contributed by atoms with Gasteiger partial charge >= 0.3 is 0 Å². The van der Waals surface area contributed by atoms with E-state index in [2.05, 4.69) is 13.8 Å². The van der Waals surface area contributed by atoms with Gasteiger partial charge in [0.2, 0.25) is 0 Å². The summed E-state index contributed by atoms with van der Waals surface area (Å²) in [4.78, 5) is 0. The van der Waals surface area contributed by atoms with Crippen LogP contribution >= 0.6 is 11.6 Å². The number of rotatable bonds is 5. The fourth-order valence-electron chi connectivity index (χ4n) is 2.06. The third kappa shape index (κ3) is 2.96. The van der Waals surface area contributed by atoms with Gasteiger partial charge in [-0.1, -0.05) is 56.5 Å². The molecule has 0 radical (unpaired) electrons. The van der Waals surface area contributed by atoms with Crippen molar-refractivity contribution in [1.82, 2.24) is 0 Å². The lowest BCUT2D eigenvalue weighted by atomic mass is 9.85. The summed E-state index contributed by atoms with van der Waals surface area (Å²) in [6.45, 7) is 4.16. The fraction of sp³-hybridized carbons (Fsp3) is 0.538. The molecule has 0 atom stereocenters. The zero-order valence-corrected chi connectivity index (χ0v) is 10.2. The van der Waals surface area contributed by atoms with E-state index in [0.29, 0.717) is 5.02 Å². The van der Waals surface area contributed by atoms with Crippen molar-refractivity contribution in [3.63, 3.8) is 0 Å². The molecule has 0 heterocycles. The molecule has 0 aliphatic rings. The van der Waals surface area contributed by atoms with Gasteiger partial charge in [-0.2, -0.15) is 0 Å². The van der Waals surface area contributed by atoms with Gasteiger partial charge in [-0.15, -0.1) is 0 Å². The first-order valence-corrected chi connectivity index (χ1v) is 5.99. The molecular formula is C13H19ClO. The summed E-state index contributed by atoms with van der Waals surface area (Å²) in [7, 11) is 0. The van der Waals surface area contributed by atoms with Crippen LogP contribution in [0.15, 0.2) is 24.3 Å². The van der Waals surface area contributed by atoms with Gasteiger partial charge in [-0.3, -0.25) is 0 Å². The number of aliphatic hydroxyl groups is 1. The minimum absolute atomic E-state index is 0.668. The molecule has 2 heteroatoms. The molecule has 1 nitrogen and oxygen atoms in total. The van der Waals surface area contributed by atoms with E-state index in [1.807, 2.05) is 24.3 Å². The molecule has 0 bridgehead atoms. The average molecular weight is 227 g/mol. The van der Waals surface area contributed by atoms with Gasteiger partial charge in [-0.25, -0.2) is 0 Å². The lowest BCUT2D eigenvalue weighted by molar-refractivity contribution is 0.0171. The maximum Gasteiger partial charge on any atom is 0.0910 e. The molecule has 0 unspecified atom stereocenters. The summed E-state index contributed by atoms with van der Waals surface area (Å²) in [5.74, 6) is 0. The predicted molar refractivity (Wildman–Crippen MR) is 65.2 cm³/mol. The molecule has 15 heavy (non-hydrogen) atoms. The molecule has 0 amide bonds. The van der Waals surface area contributed by atoms with Crippen LogP contribution in [-0.2, 0) is 5.60 Å². The van der Waals surface area contributed by atoms with Crippen molar-refractivity contribution >= 4 is 11.6 Å². The number of halogens is 1. The van der Waals surface area contributed by atoms with E-state index in [-0.39, 0.29) is 0 Å². The summed E-state index contributed by atoms with van der Waals surface area (Å²) < 4.78 is 0. The minimum Gasteiger partial charge on any atom is -0.385 e. The van der Waals surface area contributed by atoms with Crippen molar-refractivity contribution in [2.75, 3.05) is 0 Å². The van der Waals surface area contributed by atoms with Gasteiger partial charge in [-0.05, 0) is 18.9 Å². The van der Waals surface area contributed by atoms with Gasteiger partial charge in [0.05, 0.1) is 5.60 Å². The van der Waals surface area contributed by atoms with Crippen molar-refractivity contribution in [3.05, 3.63) is 34.9 Å². The first-order valence-electron chi connectivity index (χ1n) is 5.61. The number of hydrogen-bond donors (Lipinski definition) is 1. The summed E-state index contributed by atoms with van der Waals surface area (Å²) in [5.41, 5.74) is 0.123. The molecule has 0 aliphatic carbocycles. The fourth-order valence-corrected chi connectivity index (χ4v) is 2.37. The average Bonchev–Trinajstić information content (AvgIpc) is 2.19. The van der Waals surface area contributed by atoms with E-state index in [9.17, 15) is 5.11 Å². The Morgan fingerprint density at radius 2 is 1.67 bits per heavy atom. The standard InChI is InChI=1S/C13H19ClO/c1-3-9-13(15,10-4-2)11-7-5-6-8-12(11)14/h5-8,15H,3-4,9-10H2,1-2H3. The smallest absolute Gasteiger partial charge is 0.0910 e. The van der Waals surface area contributed by atoms with Gasteiger partial charge in [0.25, 0.3) is 0 Å². The van der Waals surface area contributed by atoms with E-state index in [4.69, 9.17) is 11.6 Å². The van der Waals surface area contributed by atoms with Crippen LogP contribution in [-0.4, -0.2) is 5.11 Å². The predicted octanol–water partition coefficient (Wildman–Crippen LogP) is 4.13. The van der Waals surface area contributed by atoms with Crippen LogP contribution in [0.25, 0.3) is 0 Å². The van der Waals surface area contributed by atoms with Crippen LogP contribution in [0.2, 0.25) is 5.02 Å². The summed E-state index contributed by atoms with van der Waals surface area (Å²) in [6.07, 6.45) is 3.46. The molecule has 1 N–H and O–H groups in total. The lowest BCUT2D eigenvalue weighted by Crippen LogP contribution is -2.25. The Hall–Kier alpha value is -0.530. The summed E-state index contributed by atoms with van der Waals surface area (Å²) in [6, 6.07) is 7.59. The Balaban J connectivity index is 3.03. The van der Waals surface area contributed by atoms with Crippen molar-refractivity contribution in [2.24, 2.45) is 0 Å². The summed E-state index contributed by atoms with van der Waals surface area (Å²) >= 11 is 6.12. The van der Waals surface area contributed by atoms with Crippen LogP contribution < -0.4 is 0 Å². The highest BCUT2D eigenvalue weighted by molar-refractivity contribution is 6.31. The molecule has 0 aliphatic heterocycles. The van der Waals surface area contributed by atoms with Crippen molar-refractivity contribution in [1.29, 1.82) is 0 Å². The molecule has 0 fully saturated rings. The normalized spacial score (nSPS) is 11.7. The van der Waals surface area contributed by atoms with Crippen molar-refractivity contribution in [2.45, 2.75) is 45.1 Å². The number of benzene rings is 1. The second-order valence-corrected chi connectivity index (χ2v) is 4.42. The van der Waals surface area contributed by atoms with E-state index >= 15 is 0 Å². The molecule has 84 valence electrons. The minimum atomic E-state index is -0.748. The molecule has 1 rings (SSSR count). The third-order valence-corrected chi connectivity index (χ3v) is 3.03. The molecule has 0 spiro atoms. The zero-order chi connectivity index (χ0) is 11.3. The zero-order valence-electron chi connectivity index (χ0n) is 9.46. The Labute approximate surface area is 97.1 Å². The van der Waals surface area contributed by atoms with E-state index in [1.54, 1.807) is 0 Å². The Kier molecular flexibility index (Phi) is 4.62. The monoisotopic (exact) mass is 226 g/mol. The van der Waals surface area contributed by atoms with E-state index in [0.717, 1.165) is 31.2 Å².